The first-order valence-corrected chi connectivity index (χ1v) is 5.27. The van der Waals surface area contributed by atoms with Crippen LogP contribution in [0.4, 0.5) is 5.69 Å². The Balaban J connectivity index is 2.45. The van der Waals surface area contributed by atoms with Crippen molar-refractivity contribution in [1.82, 2.24) is 0 Å². The number of fused-ring (bicyclic) bond motifs is 1. The van der Waals surface area contributed by atoms with Crippen LogP contribution in [0, 0.1) is 0 Å². The summed E-state index contributed by atoms with van der Waals surface area (Å²) in [6.07, 6.45) is 0. The Labute approximate surface area is 92.2 Å². The van der Waals surface area contributed by atoms with Crippen LogP contribution in [0.3, 0.4) is 0 Å². The number of hydrogen-bond acceptors (Lipinski definition) is 4. The van der Waals surface area contributed by atoms with E-state index in [-0.39, 0.29) is 0 Å². The summed E-state index contributed by atoms with van der Waals surface area (Å²) in [5.41, 5.74) is 1.08. The van der Waals surface area contributed by atoms with Crippen molar-refractivity contribution in [2.45, 2.75) is 4.90 Å². The van der Waals surface area contributed by atoms with Gasteiger partial charge in [0.05, 0.1) is 12.0 Å². The molecule has 0 saturated heterocycles. The van der Waals surface area contributed by atoms with Crippen LogP contribution in [-0.4, -0.2) is 12.3 Å². The van der Waals surface area contributed by atoms with Crippen LogP contribution in [0.5, 0.6) is 0 Å². The van der Waals surface area contributed by atoms with Crippen molar-refractivity contribution in [3.05, 3.63) is 36.4 Å². The van der Waals surface area contributed by atoms with E-state index in [1.165, 1.54) is 0 Å². The molecule has 0 aliphatic carbocycles. The van der Waals surface area contributed by atoms with Crippen LogP contribution < -0.4 is 5.32 Å². The van der Waals surface area contributed by atoms with Crippen molar-refractivity contribution in [3.63, 3.8) is 0 Å². The van der Waals surface area contributed by atoms with Crippen molar-refractivity contribution < 1.29 is 9.59 Å². The van der Waals surface area contributed by atoms with Gasteiger partial charge in [0.25, 0.3) is 0 Å². The molecule has 2 aromatic rings. The van der Waals surface area contributed by atoms with Gasteiger partial charge in [-0.2, -0.15) is 4.33 Å². The quantitative estimate of drug-likeness (QED) is 0.473. The molecule has 4 heteroatoms. The van der Waals surface area contributed by atoms with Gasteiger partial charge in [-0.05, 0) is 35.0 Å². The zero-order chi connectivity index (χ0) is 10.7. The lowest BCUT2D eigenvalue weighted by molar-refractivity contribution is -0.116. The Morgan fingerprint density at radius 1 is 1.13 bits per heavy atom. The highest BCUT2D eigenvalue weighted by atomic mass is 32.2. The van der Waals surface area contributed by atoms with E-state index in [1.807, 2.05) is 37.4 Å². The number of hydrogen-bond donors (Lipinski definition) is 2. The second-order valence-corrected chi connectivity index (χ2v) is 3.92. The molecule has 0 spiro atoms. The summed E-state index contributed by atoms with van der Waals surface area (Å²) in [5, 5.41) is 13.7. The van der Waals surface area contributed by atoms with Gasteiger partial charge in [0.2, 0.25) is 0 Å². The minimum absolute atomic E-state index is 0.877. The maximum absolute atomic E-state index is 8.33. The Hall–Kier alpha value is -1.23. The molecule has 3 nitrogen and oxygen atoms in total. The molecular weight excluding hydrogens is 210 g/mol. The highest BCUT2D eigenvalue weighted by Crippen LogP contribution is 2.25. The van der Waals surface area contributed by atoms with E-state index < -0.39 is 0 Å². The molecule has 0 bridgehead atoms. The van der Waals surface area contributed by atoms with E-state index in [4.69, 9.17) is 5.26 Å². The number of nitrogens with one attached hydrogen (secondary N) is 1. The van der Waals surface area contributed by atoms with Crippen LogP contribution in [0.15, 0.2) is 41.3 Å². The van der Waals surface area contributed by atoms with Crippen LogP contribution in [0.2, 0.25) is 0 Å². The topological polar surface area (TPSA) is 41.5 Å². The third kappa shape index (κ3) is 2.23. The molecule has 2 rings (SSSR count). The van der Waals surface area contributed by atoms with E-state index in [0.29, 0.717) is 0 Å². The lowest BCUT2D eigenvalue weighted by Gasteiger charge is -2.04. The summed E-state index contributed by atoms with van der Waals surface area (Å²) in [6, 6.07) is 12.0. The standard InChI is InChI=1S/C11H11NO2S/c1-12-10-4-2-9-7-11(15-14-13)5-3-8(9)6-10/h2-7,12-13H,1H3. The molecule has 0 aliphatic rings. The second kappa shape index (κ2) is 4.53. The highest BCUT2D eigenvalue weighted by molar-refractivity contribution is 7.94. The third-order valence-corrected chi connectivity index (χ3v) is 2.75. The molecule has 2 N–H and O–H groups in total. The van der Waals surface area contributed by atoms with Crippen LogP contribution in [0.25, 0.3) is 10.8 Å². The molecule has 0 fully saturated rings. The summed E-state index contributed by atoms with van der Waals surface area (Å²) in [7, 11) is 1.89. The Kier molecular flexibility index (Phi) is 3.11. The largest absolute Gasteiger partial charge is 0.388 e. The fourth-order valence-electron chi connectivity index (χ4n) is 1.47. The average molecular weight is 221 g/mol. The van der Waals surface area contributed by atoms with Crippen LogP contribution in [0.1, 0.15) is 0 Å². The lowest BCUT2D eigenvalue weighted by Crippen LogP contribution is -1.86. The van der Waals surface area contributed by atoms with Crippen LogP contribution >= 0.6 is 12.0 Å². The van der Waals surface area contributed by atoms with Gasteiger partial charge in [-0.3, -0.25) is 0 Å². The molecule has 0 radical (unpaired) electrons. The molecular formula is C11H11NO2S. The van der Waals surface area contributed by atoms with Gasteiger partial charge in [0.1, 0.15) is 0 Å². The molecule has 0 heterocycles. The first-order chi connectivity index (χ1) is 7.33. The van der Waals surface area contributed by atoms with Gasteiger partial charge in [-0.15, -0.1) is 0 Å². The molecule has 0 unspecified atom stereocenters. The maximum Gasteiger partial charge on any atom is 0.0680 e. The molecule has 0 aromatic heterocycles. The van der Waals surface area contributed by atoms with Crippen molar-refractivity contribution in [3.8, 4) is 0 Å². The smallest absolute Gasteiger partial charge is 0.0680 e. The van der Waals surface area contributed by atoms with Gasteiger partial charge < -0.3 is 5.32 Å². The molecule has 78 valence electrons. The maximum atomic E-state index is 8.33. The average Bonchev–Trinajstić information content (AvgIpc) is 2.29. The van der Waals surface area contributed by atoms with Crippen molar-refractivity contribution in [1.29, 1.82) is 0 Å². The van der Waals surface area contributed by atoms with Gasteiger partial charge in [-0.25, -0.2) is 5.26 Å². The first kappa shape index (κ1) is 10.3. The zero-order valence-corrected chi connectivity index (χ0v) is 9.04. The summed E-state index contributed by atoms with van der Waals surface area (Å²) < 4.78 is 4.03. The third-order valence-electron chi connectivity index (χ3n) is 2.23. The van der Waals surface area contributed by atoms with E-state index >= 15 is 0 Å². The Morgan fingerprint density at radius 3 is 2.60 bits per heavy atom. The number of rotatable bonds is 3. The highest BCUT2D eigenvalue weighted by Gasteiger charge is 1.98. The summed E-state index contributed by atoms with van der Waals surface area (Å²) in [4.78, 5) is 0.877. The van der Waals surface area contributed by atoms with Gasteiger partial charge in [-0.1, -0.05) is 12.1 Å². The zero-order valence-electron chi connectivity index (χ0n) is 8.23. The summed E-state index contributed by atoms with van der Waals surface area (Å²) in [5.74, 6) is 0. The van der Waals surface area contributed by atoms with E-state index in [1.54, 1.807) is 0 Å². The molecule has 0 saturated carbocycles. The first-order valence-electron chi connectivity index (χ1n) is 4.53. The van der Waals surface area contributed by atoms with Gasteiger partial charge >= 0.3 is 0 Å². The van der Waals surface area contributed by atoms with Gasteiger partial charge in [0.15, 0.2) is 0 Å². The minimum Gasteiger partial charge on any atom is -0.388 e. The number of anilines is 1. The molecule has 15 heavy (non-hydrogen) atoms. The normalized spacial score (nSPS) is 10.5. The van der Waals surface area contributed by atoms with Crippen molar-refractivity contribution in [2.24, 2.45) is 0 Å². The van der Waals surface area contributed by atoms with Crippen molar-refractivity contribution >= 4 is 28.5 Å². The molecule has 2 aromatic carbocycles. The predicted octanol–water partition coefficient (Wildman–Crippen LogP) is 3.38. The lowest BCUT2D eigenvalue weighted by atomic mass is 10.1. The monoisotopic (exact) mass is 221 g/mol. The SMILES string of the molecule is CNc1ccc2cc(SOO)ccc2c1. The predicted molar refractivity (Wildman–Crippen MR) is 63.1 cm³/mol. The molecule has 0 atom stereocenters. The molecule has 0 aliphatic heterocycles. The van der Waals surface area contributed by atoms with E-state index in [9.17, 15) is 0 Å². The fourth-order valence-corrected chi connectivity index (χ4v) is 1.86. The summed E-state index contributed by atoms with van der Waals surface area (Å²) in [6.45, 7) is 0. The summed E-state index contributed by atoms with van der Waals surface area (Å²) >= 11 is 0.940. The van der Waals surface area contributed by atoms with Gasteiger partial charge in [0, 0.05) is 17.6 Å². The van der Waals surface area contributed by atoms with Crippen molar-refractivity contribution in [2.75, 3.05) is 12.4 Å². The van der Waals surface area contributed by atoms with E-state index in [0.717, 1.165) is 33.4 Å². The number of benzene rings is 2. The Morgan fingerprint density at radius 2 is 1.87 bits per heavy atom. The minimum atomic E-state index is 0.877. The van der Waals surface area contributed by atoms with Crippen LogP contribution in [-0.2, 0) is 4.33 Å². The Bertz CT molecular complexity index is 473. The molecule has 0 amide bonds. The van der Waals surface area contributed by atoms with E-state index in [2.05, 4.69) is 15.7 Å². The second-order valence-electron chi connectivity index (χ2n) is 3.13. The fraction of sp³-hybridized carbons (Fsp3) is 0.0909.